The van der Waals surface area contributed by atoms with Crippen molar-refractivity contribution in [3.63, 3.8) is 0 Å². The molecule has 0 aliphatic carbocycles. The molecule has 4 aromatic rings. The van der Waals surface area contributed by atoms with Crippen LogP contribution in [0.5, 0.6) is 0 Å². The van der Waals surface area contributed by atoms with E-state index in [1.54, 1.807) is 18.2 Å². The van der Waals surface area contributed by atoms with E-state index in [4.69, 9.17) is 8.83 Å². The lowest BCUT2D eigenvalue weighted by molar-refractivity contribution is 0.0620. The number of imidazole rings is 1. The summed E-state index contributed by atoms with van der Waals surface area (Å²) in [6, 6.07) is 9.35. The summed E-state index contributed by atoms with van der Waals surface area (Å²) in [6.07, 6.45) is 2.97. The molecule has 27 heavy (non-hydrogen) atoms. The van der Waals surface area contributed by atoms with Crippen molar-refractivity contribution in [1.82, 2.24) is 19.9 Å². The molecule has 1 amide bonds. The highest BCUT2D eigenvalue weighted by Gasteiger charge is 2.40. The summed E-state index contributed by atoms with van der Waals surface area (Å²) in [4.78, 5) is 26.8. The third-order valence-corrected chi connectivity index (χ3v) is 5.15. The molecule has 0 saturated carbocycles. The Balaban J connectivity index is 1.67. The van der Waals surface area contributed by atoms with E-state index in [1.165, 1.54) is 6.39 Å². The maximum Gasteiger partial charge on any atom is 0.292 e. The molecule has 4 heterocycles. The van der Waals surface area contributed by atoms with Crippen molar-refractivity contribution in [3.05, 3.63) is 71.7 Å². The third-order valence-electron chi connectivity index (χ3n) is 5.15. The minimum atomic E-state index is -0.424. The number of nitrogens with zero attached hydrogens (tertiary/aromatic N) is 3. The van der Waals surface area contributed by atoms with Crippen molar-refractivity contribution in [2.45, 2.75) is 25.8 Å². The highest BCUT2D eigenvalue weighted by atomic mass is 16.4. The van der Waals surface area contributed by atoms with Gasteiger partial charge in [-0.25, -0.2) is 9.97 Å². The molecule has 0 bridgehead atoms. The fourth-order valence-electron chi connectivity index (χ4n) is 3.83. The van der Waals surface area contributed by atoms with Crippen LogP contribution in [0.3, 0.4) is 0 Å². The average Bonchev–Trinajstić information content (AvgIpc) is 3.39. The number of H-pyrrole nitrogens is 1. The average molecular weight is 362 g/mol. The van der Waals surface area contributed by atoms with E-state index in [0.29, 0.717) is 18.0 Å². The van der Waals surface area contributed by atoms with Crippen LogP contribution in [0.25, 0.3) is 11.0 Å². The van der Waals surface area contributed by atoms with Gasteiger partial charge in [-0.05, 0) is 19.1 Å². The first-order valence-corrected chi connectivity index (χ1v) is 8.86. The topological polar surface area (TPSA) is 88.2 Å². The second-order valence-electron chi connectivity index (χ2n) is 6.92. The van der Waals surface area contributed by atoms with Crippen LogP contribution in [-0.4, -0.2) is 32.3 Å². The van der Waals surface area contributed by atoms with E-state index in [-0.39, 0.29) is 17.6 Å². The lowest BCUT2D eigenvalue weighted by atomic mass is 9.93. The summed E-state index contributed by atoms with van der Waals surface area (Å²) >= 11 is 0. The molecule has 0 spiro atoms. The molecule has 1 N–H and O–H groups in total. The molecule has 3 aromatic heterocycles. The van der Waals surface area contributed by atoms with Crippen LogP contribution in [0.15, 0.2) is 51.9 Å². The van der Waals surface area contributed by atoms with Crippen LogP contribution < -0.4 is 0 Å². The Morgan fingerprint density at radius 3 is 2.93 bits per heavy atom. The van der Waals surface area contributed by atoms with Gasteiger partial charge in [-0.2, -0.15) is 0 Å². The minimum Gasteiger partial charge on any atom is -0.458 e. The van der Waals surface area contributed by atoms with Crippen molar-refractivity contribution in [2.24, 2.45) is 0 Å². The van der Waals surface area contributed by atoms with Gasteiger partial charge in [-0.15, -0.1) is 0 Å². The molecule has 0 fully saturated rings. The minimum absolute atomic E-state index is 0.121. The number of para-hydroxylation sites is 1. The number of furan rings is 1. The van der Waals surface area contributed by atoms with Crippen molar-refractivity contribution in [3.8, 4) is 0 Å². The summed E-state index contributed by atoms with van der Waals surface area (Å²) < 4.78 is 11.5. The Bertz CT molecular complexity index is 1110. The summed E-state index contributed by atoms with van der Waals surface area (Å²) in [7, 11) is 0. The Morgan fingerprint density at radius 2 is 2.15 bits per heavy atom. The van der Waals surface area contributed by atoms with E-state index in [1.807, 2.05) is 30.3 Å². The number of aryl methyl sites for hydroxylation is 1. The number of amides is 1. The molecular formula is C20H18N4O3. The number of hydrogen-bond acceptors (Lipinski definition) is 5. The van der Waals surface area contributed by atoms with Crippen molar-refractivity contribution in [1.29, 1.82) is 0 Å². The third kappa shape index (κ3) is 2.38. The zero-order valence-electron chi connectivity index (χ0n) is 15.0. The number of oxazole rings is 1. The molecule has 0 saturated heterocycles. The monoisotopic (exact) mass is 362 g/mol. The zero-order chi connectivity index (χ0) is 18.5. The highest BCUT2D eigenvalue weighted by molar-refractivity contribution is 5.93. The predicted octanol–water partition coefficient (Wildman–Crippen LogP) is 3.80. The smallest absolute Gasteiger partial charge is 0.292 e. The second-order valence-corrected chi connectivity index (χ2v) is 6.92. The SMILES string of the molecule is Cc1ncoc1C(=O)N1CC(C)c2[nH]cnc2C1c1cc2ccccc2o1. The molecule has 1 aliphatic rings. The van der Waals surface area contributed by atoms with Gasteiger partial charge < -0.3 is 18.7 Å². The first-order valence-electron chi connectivity index (χ1n) is 8.86. The quantitative estimate of drug-likeness (QED) is 0.586. The predicted molar refractivity (Wildman–Crippen MR) is 97.3 cm³/mol. The fourth-order valence-corrected chi connectivity index (χ4v) is 3.83. The Kier molecular flexibility index (Phi) is 3.43. The number of nitrogens with one attached hydrogen (secondary N) is 1. The number of fused-ring (bicyclic) bond motifs is 2. The molecule has 5 rings (SSSR count). The number of aromatic nitrogens is 3. The van der Waals surface area contributed by atoms with E-state index >= 15 is 0 Å². The number of benzene rings is 1. The van der Waals surface area contributed by atoms with Gasteiger partial charge in [0, 0.05) is 23.5 Å². The summed E-state index contributed by atoms with van der Waals surface area (Å²) in [5, 5.41) is 0.992. The molecule has 2 unspecified atom stereocenters. The van der Waals surface area contributed by atoms with Crippen LogP contribution in [0.2, 0.25) is 0 Å². The largest absolute Gasteiger partial charge is 0.458 e. The maximum absolute atomic E-state index is 13.3. The molecule has 1 aliphatic heterocycles. The second kappa shape index (κ2) is 5.84. The summed E-state index contributed by atoms with van der Waals surface area (Å²) in [5.74, 6) is 0.843. The summed E-state index contributed by atoms with van der Waals surface area (Å²) in [6.45, 7) is 4.36. The van der Waals surface area contributed by atoms with Crippen molar-refractivity contribution >= 4 is 16.9 Å². The summed E-state index contributed by atoms with van der Waals surface area (Å²) in [5.41, 5.74) is 3.19. The molecule has 7 heteroatoms. The van der Waals surface area contributed by atoms with Gasteiger partial charge >= 0.3 is 0 Å². The van der Waals surface area contributed by atoms with Crippen LogP contribution >= 0.6 is 0 Å². The van der Waals surface area contributed by atoms with Gasteiger partial charge in [0.25, 0.3) is 5.91 Å². The molecule has 1 aromatic carbocycles. The Morgan fingerprint density at radius 1 is 1.30 bits per heavy atom. The standard InChI is InChI=1S/C20H18N4O3/c1-11-8-24(20(25)19-12(2)23-10-26-19)18(17-16(11)21-9-22-17)15-7-13-5-3-4-6-14(13)27-15/h3-7,9-11,18H,8H2,1-2H3,(H,21,22). The molecule has 2 atom stereocenters. The van der Waals surface area contributed by atoms with Crippen molar-refractivity contribution < 1.29 is 13.6 Å². The van der Waals surface area contributed by atoms with Gasteiger partial charge in [-0.3, -0.25) is 4.79 Å². The molecule has 0 radical (unpaired) electrons. The number of hydrogen-bond donors (Lipinski definition) is 1. The number of rotatable bonds is 2. The van der Waals surface area contributed by atoms with E-state index in [9.17, 15) is 4.79 Å². The maximum atomic E-state index is 13.3. The first kappa shape index (κ1) is 15.9. The Labute approximate surface area is 155 Å². The van der Waals surface area contributed by atoms with Gasteiger partial charge in [0.15, 0.2) is 6.39 Å². The van der Waals surface area contributed by atoms with Crippen LogP contribution in [0.4, 0.5) is 0 Å². The highest BCUT2D eigenvalue weighted by Crippen LogP contribution is 2.40. The van der Waals surface area contributed by atoms with Gasteiger partial charge in [0.2, 0.25) is 5.76 Å². The zero-order valence-corrected chi connectivity index (χ0v) is 15.0. The van der Waals surface area contributed by atoms with E-state index < -0.39 is 6.04 Å². The molecule has 7 nitrogen and oxygen atoms in total. The van der Waals surface area contributed by atoms with Crippen LogP contribution in [-0.2, 0) is 0 Å². The van der Waals surface area contributed by atoms with Crippen LogP contribution in [0, 0.1) is 6.92 Å². The van der Waals surface area contributed by atoms with Crippen molar-refractivity contribution in [2.75, 3.05) is 6.54 Å². The Hall–Kier alpha value is -3.35. The first-order chi connectivity index (χ1) is 13.1. The van der Waals surface area contributed by atoms with E-state index in [0.717, 1.165) is 22.4 Å². The van der Waals surface area contributed by atoms with Gasteiger partial charge in [-0.1, -0.05) is 25.1 Å². The lowest BCUT2D eigenvalue weighted by Crippen LogP contribution is -2.42. The normalized spacial score (nSPS) is 19.4. The van der Waals surface area contributed by atoms with E-state index in [2.05, 4.69) is 21.9 Å². The fraction of sp³-hybridized carbons (Fsp3) is 0.250. The number of aromatic amines is 1. The number of carbonyl (C=O) groups excluding carboxylic acids is 1. The van der Waals surface area contributed by atoms with Crippen LogP contribution in [0.1, 0.15) is 52.3 Å². The van der Waals surface area contributed by atoms with Gasteiger partial charge in [0.1, 0.15) is 17.4 Å². The lowest BCUT2D eigenvalue weighted by Gasteiger charge is -2.36. The molecule has 136 valence electrons. The number of carbonyl (C=O) groups is 1. The molecular weight excluding hydrogens is 344 g/mol. The van der Waals surface area contributed by atoms with Gasteiger partial charge in [0.05, 0.1) is 17.7 Å².